The average molecular weight is 213 g/mol. The summed E-state index contributed by atoms with van der Waals surface area (Å²) >= 11 is 5.52. The van der Waals surface area contributed by atoms with E-state index in [4.69, 9.17) is 22.4 Å². The lowest BCUT2D eigenvalue weighted by atomic mass is 10.1. The van der Waals surface area contributed by atoms with Crippen molar-refractivity contribution < 1.29 is 5.11 Å². The molecule has 0 heterocycles. The molecule has 0 aromatic heterocycles. The molecule has 0 aliphatic carbocycles. The summed E-state index contributed by atoms with van der Waals surface area (Å²) in [5.74, 6) is 0.618. The number of halogens is 1. The molecule has 0 spiro atoms. The summed E-state index contributed by atoms with van der Waals surface area (Å²) in [6.07, 6.45) is 0. The number of aryl methyl sites for hydroxylation is 1. The van der Waals surface area contributed by atoms with Crippen molar-refractivity contribution in [1.82, 2.24) is 0 Å². The molecule has 0 aliphatic heterocycles. The van der Waals surface area contributed by atoms with Crippen LogP contribution in [0.15, 0.2) is 23.2 Å². The summed E-state index contributed by atoms with van der Waals surface area (Å²) in [5.41, 5.74) is 8.15. The van der Waals surface area contributed by atoms with Gasteiger partial charge in [-0.05, 0) is 24.1 Å². The molecule has 0 amide bonds. The van der Waals surface area contributed by atoms with Crippen LogP contribution < -0.4 is 5.73 Å². The number of amidine groups is 1. The Kier molecular flexibility index (Phi) is 3.92. The third-order valence-electron chi connectivity index (χ3n) is 1.84. The topological polar surface area (TPSA) is 58.6 Å². The number of aliphatic imine (C=N–C) groups is 1. The van der Waals surface area contributed by atoms with Gasteiger partial charge in [0, 0.05) is 0 Å². The number of nitrogens with zero attached hydrogens (tertiary/aromatic N) is 1. The van der Waals surface area contributed by atoms with Crippen molar-refractivity contribution in [2.45, 2.75) is 13.5 Å². The van der Waals surface area contributed by atoms with E-state index in [0.29, 0.717) is 5.84 Å². The molecule has 0 unspecified atom stereocenters. The van der Waals surface area contributed by atoms with E-state index in [1.54, 1.807) is 0 Å². The molecule has 1 aromatic rings. The van der Waals surface area contributed by atoms with Gasteiger partial charge in [0.1, 0.15) is 5.84 Å². The van der Waals surface area contributed by atoms with E-state index in [0.717, 1.165) is 16.8 Å². The van der Waals surface area contributed by atoms with E-state index in [1.165, 1.54) is 0 Å². The number of nitrogens with two attached hydrogens (primary N) is 1. The van der Waals surface area contributed by atoms with Crippen LogP contribution in [-0.2, 0) is 6.61 Å². The van der Waals surface area contributed by atoms with E-state index >= 15 is 0 Å². The number of aliphatic hydroxyl groups is 1. The lowest BCUT2D eigenvalue weighted by Crippen LogP contribution is -2.12. The summed E-state index contributed by atoms with van der Waals surface area (Å²) < 4.78 is 0. The van der Waals surface area contributed by atoms with Gasteiger partial charge in [-0.1, -0.05) is 12.1 Å². The Morgan fingerprint density at radius 2 is 2.29 bits per heavy atom. The van der Waals surface area contributed by atoms with Gasteiger partial charge in [-0.15, -0.1) is 11.6 Å². The standard InChI is InChI=1S/C10H13ClN2O/c1-7-4-8(6-14)2-3-9(7)13-10(12)5-11/h2-4,14H,5-6H2,1H3,(H2,12,13). The van der Waals surface area contributed by atoms with Crippen LogP contribution in [0.25, 0.3) is 0 Å². The summed E-state index contributed by atoms with van der Waals surface area (Å²) in [7, 11) is 0. The van der Waals surface area contributed by atoms with E-state index in [1.807, 2.05) is 25.1 Å². The molecule has 3 N–H and O–H groups in total. The SMILES string of the molecule is Cc1cc(CO)ccc1N=C(N)CCl. The van der Waals surface area contributed by atoms with Crippen molar-refractivity contribution in [2.24, 2.45) is 10.7 Å². The first-order valence-corrected chi connectivity index (χ1v) is 4.80. The first-order chi connectivity index (χ1) is 6.67. The zero-order valence-corrected chi connectivity index (χ0v) is 8.75. The Labute approximate surface area is 88.2 Å². The normalized spacial score (nSPS) is 11.8. The molecule has 4 heteroatoms. The van der Waals surface area contributed by atoms with Gasteiger partial charge in [0.25, 0.3) is 0 Å². The van der Waals surface area contributed by atoms with Gasteiger partial charge in [-0.25, -0.2) is 4.99 Å². The fourth-order valence-electron chi connectivity index (χ4n) is 1.13. The molecular weight excluding hydrogens is 200 g/mol. The van der Waals surface area contributed by atoms with Crippen LogP contribution in [0.4, 0.5) is 5.69 Å². The molecule has 1 rings (SSSR count). The molecule has 14 heavy (non-hydrogen) atoms. The van der Waals surface area contributed by atoms with Gasteiger partial charge < -0.3 is 10.8 Å². The van der Waals surface area contributed by atoms with Crippen LogP contribution in [0.2, 0.25) is 0 Å². The van der Waals surface area contributed by atoms with Crippen molar-refractivity contribution >= 4 is 23.1 Å². The molecule has 0 fully saturated rings. The summed E-state index contributed by atoms with van der Waals surface area (Å²) in [6, 6.07) is 5.51. The number of benzene rings is 1. The maximum absolute atomic E-state index is 8.90. The Balaban J connectivity index is 3.00. The second-order valence-electron chi connectivity index (χ2n) is 3.02. The van der Waals surface area contributed by atoms with Crippen LogP contribution in [0.3, 0.4) is 0 Å². The zero-order valence-electron chi connectivity index (χ0n) is 8.00. The maximum Gasteiger partial charge on any atom is 0.115 e. The molecule has 1 aromatic carbocycles. The van der Waals surface area contributed by atoms with E-state index in [-0.39, 0.29) is 12.5 Å². The third-order valence-corrected chi connectivity index (χ3v) is 2.12. The van der Waals surface area contributed by atoms with Crippen LogP contribution >= 0.6 is 11.6 Å². The third kappa shape index (κ3) is 2.72. The van der Waals surface area contributed by atoms with E-state index in [9.17, 15) is 0 Å². The predicted octanol–water partition coefficient (Wildman–Crippen LogP) is 1.71. The molecule has 0 bridgehead atoms. The highest BCUT2D eigenvalue weighted by Crippen LogP contribution is 2.19. The van der Waals surface area contributed by atoms with E-state index < -0.39 is 0 Å². The largest absolute Gasteiger partial charge is 0.392 e. The highest BCUT2D eigenvalue weighted by atomic mass is 35.5. The Hall–Kier alpha value is -1.06. The first-order valence-electron chi connectivity index (χ1n) is 4.26. The van der Waals surface area contributed by atoms with Crippen molar-refractivity contribution in [3.63, 3.8) is 0 Å². The summed E-state index contributed by atoms with van der Waals surface area (Å²) in [4.78, 5) is 4.13. The first kappa shape index (κ1) is 11.0. The maximum atomic E-state index is 8.90. The molecule has 0 saturated carbocycles. The van der Waals surface area contributed by atoms with Crippen molar-refractivity contribution in [3.8, 4) is 0 Å². The number of hydrogen-bond donors (Lipinski definition) is 2. The van der Waals surface area contributed by atoms with Crippen molar-refractivity contribution in [1.29, 1.82) is 0 Å². The average Bonchev–Trinajstić information content (AvgIpc) is 2.20. The van der Waals surface area contributed by atoms with Gasteiger partial charge in [-0.3, -0.25) is 0 Å². The number of hydrogen-bond acceptors (Lipinski definition) is 2. The van der Waals surface area contributed by atoms with Gasteiger partial charge in [0.2, 0.25) is 0 Å². The monoisotopic (exact) mass is 212 g/mol. The highest BCUT2D eigenvalue weighted by Gasteiger charge is 1.99. The van der Waals surface area contributed by atoms with Crippen molar-refractivity contribution in [3.05, 3.63) is 29.3 Å². The molecular formula is C10H13ClN2O. The minimum absolute atomic E-state index is 0.0375. The molecule has 76 valence electrons. The Bertz CT molecular complexity index is 350. The second-order valence-corrected chi connectivity index (χ2v) is 3.28. The second kappa shape index (κ2) is 4.98. The lowest BCUT2D eigenvalue weighted by Gasteiger charge is -2.03. The summed E-state index contributed by atoms with van der Waals surface area (Å²) in [5, 5.41) is 8.90. The zero-order chi connectivity index (χ0) is 10.6. The van der Waals surface area contributed by atoms with Crippen LogP contribution in [0.1, 0.15) is 11.1 Å². The molecule has 0 saturated heterocycles. The minimum Gasteiger partial charge on any atom is -0.392 e. The predicted molar refractivity (Wildman–Crippen MR) is 59.1 cm³/mol. The molecule has 0 aliphatic rings. The Morgan fingerprint density at radius 3 is 2.79 bits per heavy atom. The molecule has 0 atom stereocenters. The van der Waals surface area contributed by atoms with Crippen LogP contribution in [0.5, 0.6) is 0 Å². The number of alkyl halides is 1. The fraction of sp³-hybridized carbons (Fsp3) is 0.300. The van der Waals surface area contributed by atoms with Gasteiger partial charge >= 0.3 is 0 Å². The smallest absolute Gasteiger partial charge is 0.115 e. The van der Waals surface area contributed by atoms with Gasteiger partial charge in [0.05, 0.1) is 18.2 Å². The van der Waals surface area contributed by atoms with E-state index in [2.05, 4.69) is 4.99 Å². The quantitative estimate of drug-likeness (QED) is 0.455. The van der Waals surface area contributed by atoms with Crippen LogP contribution in [0, 0.1) is 6.92 Å². The Morgan fingerprint density at radius 1 is 1.57 bits per heavy atom. The highest BCUT2D eigenvalue weighted by molar-refractivity contribution is 6.28. The van der Waals surface area contributed by atoms with Gasteiger partial charge in [-0.2, -0.15) is 0 Å². The summed E-state index contributed by atoms with van der Waals surface area (Å²) in [6.45, 7) is 1.95. The van der Waals surface area contributed by atoms with Crippen LogP contribution in [-0.4, -0.2) is 16.8 Å². The fourth-order valence-corrected chi connectivity index (χ4v) is 1.19. The number of rotatable bonds is 3. The van der Waals surface area contributed by atoms with Crippen molar-refractivity contribution in [2.75, 3.05) is 5.88 Å². The number of aliphatic hydroxyl groups excluding tert-OH is 1. The molecule has 3 nitrogen and oxygen atoms in total. The van der Waals surface area contributed by atoms with Gasteiger partial charge in [0.15, 0.2) is 0 Å². The minimum atomic E-state index is 0.0375. The lowest BCUT2D eigenvalue weighted by molar-refractivity contribution is 0.282. The molecule has 0 radical (unpaired) electrons.